The number of carbonyl (C=O) groups is 1. The number of halogens is 2. The predicted octanol–water partition coefficient (Wildman–Crippen LogP) is 4.50. The number of methoxy groups -OCH3 is 1. The number of hydrogen-bond acceptors (Lipinski definition) is 4. The molecule has 124 valence electrons. The van der Waals surface area contributed by atoms with Crippen LogP contribution in [0.5, 0.6) is 11.5 Å². The monoisotopic (exact) mass is 452 g/mol. The van der Waals surface area contributed by atoms with Gasteiger partial charge in [0, 0.05) is 15.0 Å². The molecule has 0 saturated heterocycles. The molecule has 0 radical (unpaired) electrons. The van der Waals surface area contributed by atoms with Gasteiger partial charge in [-0.2, -0.15) is 5.26 Å². The number of nitriles is 1. The first-order valence-electron chi connectivity index (χ1n) is 6.95. The molecule has 1 unspecified atom stereocenters. The van der Waals surface area contributed by atoms with Gasteiger partial charge < -0.3 is 14.8 Å². The minimum Gasteiger partial charge on any atom is -0.493 e. The lowest BCUT2D eigenvalue weighted by Crippen LogP contribution is -2.30. The van der Waals surface area contributed by atoms with Gasteiger partial charge in [-0.1, -0.05) is 15.9 Å². The van der Waals surface area contributed by atoms with E-state index in [0.29, 0.717) is 22.7 Å². The topological polar surface area (TPSA) is 71.3 Å². The molecule has 24 heavy (non-hydrogen) atoms. The fourth-order valence-electron chi connectivity index (χ4n) is 1.90. The molecule has 0 aromatic heterocycles. The SMILES string of the molecule is COc1cc(C#N)ccc1OC(C)C(=O)Nc1ccc(Br)cc1Br. The summed E-state index contributed by atoms with van der Waals surface area (Å²) in [6, 6.07) is 12.2. The van der Waals surface area contributed by atoms with Crippen LogP contribution < -0.4 is 14.8 Å². The van der Waals surface area contributed by atoms with Crippen molar-refractivity contribution in [2.24, 2.45) is 0 Å². The Hall–Kier alpha value is -2.04. The van der Waals surface area contributed by atoms with E-state index in [2.05, 4.69) is 37.2 Å². The van der Waals surface area contributed by atoms with Gasteiger partial charge in [-0.05, 0) is 53.2 Å². The highest BCUT2D eigenvalue weighted by Crippen LogP contribution is 2.30. The molecule has 7 heteroatoms. The van der Waals surface area contributed by atoms with E-state index >= 15 is 0 Å². The summed E-state index contributed by atoms with van der Waals surface area (Å²) < 4.78 is 12.5. The van der Waals surface area contributed by atoms with E-state index in [4.69, 9.17) is 14.7 Å². The fourth-order valence-corrected chi connectivity index (χ4v) is 3.05. The van der Waals surface area contributed by atoms with Crippen molar-refractivity contribution in [3.05, 3.63) is 50.9 Å². The zero-order valence-corrected chi connectivity index (χ0v) is 16.1. The Labute approximate surface area is 156 Å². The van der Waals surface area contributed by atoms with Crippen LogP contribution in [0.2, 0.25) is 0 Å². The maximum atomic E-state index is 12.3. The maximum absolute atomic E-state index is 12.3. The van der Waals surface area contributed by atoms with Gasteiger partial charge in [-0.3, -0.25) is 4.79 Å². The zero-order valence-electron chi connectivity index (χ0n) is 13.0. The number of carbonyl (C=O) groups excluding carboxylic acids is 1. The van der Waals surface area contributed by atoms with Crippen molar-refractivity contribution in [3.8, 4) is 17.6 Å². The van der Waals surface area contributed by atoms with Crippen LogP contribution in [0, 0.1) is 11.3 Å². The molecule has 0 aliphatic carbocycles. The molecule has 0 heterocycles. The van der Waals surface area contributed by atoms with Crippen molar-refractivity contribution in [2.75, 3.05) is 12.4 Å². The summed E-state index contributed by atoms with van der Waals surface area (Å²) in [5, 5.41) is 11.7. The average Bonchev–Trinajstić information content (AvgIpc) is 2.57. The second-order valence-corrected chi connectivity index (χ2v) is 6.62. The molecular weight excluding hydrogens is 440 g/mol. The number of ether oxygens (including phenoxy) is 2. The minimum atomic E-state index is -0.748. The van der Waals surface area contributed by atoms with Gasteiger partial charge in [-0.15, -0.1) is 0 Å². The van der Waals surface area contributed by atoms with E-state index in [9.17, 15) is 4.79 Å². The molecule has 1 atom stereocenters. The van der Waals surface area contributed by atoms with Crippen LogP contribution in [-0.4, -0.2) is 19.1 Å². The van der Waals surface area contributed by atoms with Gasteiger partial charge in [0.05, 0.1) is 24.4 Å². The number of rotatable bonds is 5. The molecule has 0 spiro atoms. The van der Waals surface area contributed by atoms with Crippen molar-refractivity contribution >= 4 is 43.5 Å². The van der Waals surface area contributed by atoms with Gasteiger partial charge in [0.2, 0.25) is 0 Å². The standard InChI is InChI=1S/C17H14Br2N2O3/c1-10(17(22)21-14-5-4-12(18)8-13(14)19)24-15-6-3-11(9-20)7-16(15)23-2/h3-8,10H,1-2H3,(H,21,22). The highest BCUT2D eigenvalue weighted by Gasteiger charge is 2.18. The van der Waals surface area contributed by atoms with Crippen LogP contribution >= 0.6 is 31.9 Å². The van der Waals surface area contributed by atoms with E-state index < -0.39 is 6.10 Å². The second-order valence-electron chi connectivity index (χ2n) is 4.85. The third-order valence-electron chi connectivity index (χ3n) is 3.15. The molecule has 2 aromatic carbocycles. The van der Waals surface area contributed by atoms with Crippen LogP contribution in [0.3, 0.4) is 0 Å². The van der Waals surface area contributed by atoms with Gasteiger partial charge in [0.1, 0.15) is 0 Å². The molecule has 5 nitrogen and oxygen atoms in total. The molecule has 2 aromatic rings. The number of hydrogen-bond donors (Lipinski definition) is 1. The lowest BCUT2D eigenvalue weighted by molar-refractivity contribution is -0.122. The van der Waals surface area contributed by atoms with Crippen molar-refractivity contribution in [2.45, 2.75) is 13.0 Å². The summed E-state index contributed by atoms with van der Waals surface area (Å²) in [6.45, 7) is 1.64. The molecule has 0 saturated carbocycles. The van der Waals surface area contributed by atoms with Gasteiger partial charge >= 0.3 is 0 Å². The summed E-state index contributed by atoms with van der Waals surface area (Å²) in [5.41, 5.74) is 1.10. The largest absolute Gasteiger partial charge is 0.493 e. The van der Waals surface area contributed by atoms with Crippen molar-refractivity contribution < 1.29 is 14.3 Å². The quantitative estimate of drug-likeness (QED) is 0.723. The van der Waals surface area contributed by atoms with Crippen LogP contribution in [0.25, 0.3) is 0 Å². The van der Waals surface area contributed by atoms with E-state index in [1.165, 1.54) is 7.11 Å². The minimum absolute atomic E-state index is 0.301. The molecular formula is C17H14Br2N2O3. The van der Waals surface area contributed by atoms with Crippen LogP contribution in [0.15, 0.2) is 45.3 Å². The average molecular weight is 454 g/mol. The first kappa shape index (κ1) is 18.3. The van der Waals surface area contributed by atoms with Crippen LogP contribution in [0.1, 0.15) is 12.5 Å². The number of benzene rings is 2. The lowest BCUT2D eigenvalue weighted by Gasteiger charge is -2.17. The summed E-state index contributed by atoms with van der Waals surface area (Å²) in [5.74, 6) is 0.497. The Morgan fingerprint density at radius 2 is 1.96 bits per heavy atom. The Kier molecular flexibility index (Phi) is 6.23. The summed E-state index contributed by atoms with van der Waals surface area (Å²) in [7, 11) is 1.48. The Morgan fingerprint density at radius 3 is 2.58 bits per heavy atom. The number of anilines is 1. The van der Waals surface area contributed by atoms with Crippen LogP contribution in [0.4, 0.5) is 5.69 Å². The van der Waals surface area contributed by atoms with Gasteiger partial charge in [0.25, 0.3) is 5.91 Å². The van der Waals surface area contributed by atoms with Crippen molar-refractivity contribution in [1.29, 1.82) is 5.26 Å². The lowest BCUT2D eigenvalue weighted by atomic mass is 10.2. The molecule has 1 N–H and O–H groups in total. The highest BCUT2D eigenvalue weighted by molar-refractivity contribution is 9.11. The Balaban J connectivity index is 2.10. The number of nitrogens with one attached hydrogen (secondary N) is 1. The molecule has 0 bridgehead atoms. The van der Waals surface area contributed by atoms with E-state index in [0.717, 1.165) is 8.95 Å². The Bertz CT molecular complexity index is 803. The first-order valence-corrected chi connectivity index (χ1v) is 8.54. The maximum Gasteiger partial charge on any atom is 0.265 e. The van der Waals surface area contributed by atoms with E-state index in [1.54, 1.807) is 31.2 Å². The number of amides is 1. The summed E-state index contributed by atoms with van der Waals surface area (Å²) in [4.78, 5) is 12.3. The molecule has 0 aliphatic rings. The molecule has 2 rings (SSSR count). The van der Waals surface area contributed by atoms with E-state index in [-0.39, 0.29) is 5.91 Å². The summed E-state index contributed by atoms with van der Waals surface area (Å²) >= 11 is 6.75. The normalized spacial score (nSPS) is 11.3. The zero-order chi connectivity index (χ0) is 17.7. The summed E-state index contributed by atoms with van der Waals surface area (Å²) in [6.07, 6.45) is -0.748. The highest BCUT2D eigenvalue weighted by atomic mass is 79.9. The third-order valence-corrected chi connectivity index (χ3v) is 4.30. The number of nitrogens with zero attached hydrogens (tertiary/aromatic N) is 1. The van der Waals surface area contributed by atoms with Crippen LogP contribution in [-0.2, 0) is 4.79 Å². The predicted molar refractivity (Wildman–Crippen MR) is 98.3 cm³/mol. The molecule has 0 fully saturated rings. The second kappa shape index (κ2) is 8.18. The third kappa shape index (κ3) is 4.49. The smallest absolute Gasteiger partial charge is 0.265 e. The van der Waals surface area contributed by atoms with Crippen molar-refractivity contribution in [1.82, 2.24) is 0 Å². The van der Waals surface area contributed by atoms with Crippen molar-refractivity contribution in [3.63, 3.8) is 0 Å². The fraction of sp³-hybridized carbons (Fsp3) is 0.176. The Morgan fingerprint density at radius 1 is 1.21 bits per heavy atom. The molecule has 1 amide bonds. The van der Waals surface area contributed by atoms with Gasteiger partial charge in [-0.25, -0.2) is 0 Å². The first-order chi connectivity index (χ1) is 11.4. The molecule has 0 aliphatic heterocycles. The van der Waals surface area contributed by atoms with Gasteiger partial charge in [0.15, 0.2) is 17.6 Å². The van der Waals surface area contributed by atoms with E-state index in [1.807, 2.05) is 18.2 Å².